The molecule has 1 aliphatic rings. The number of imidazole rings is 1. The zero-order valence-electron chi connectivity index (χ0n) is 15.1. The molecule has 1 fully saturated rings. The number of hydrogen-bond donors (Lipinski definition) is 3. The van der Waals surface area contributed by atoms with Crippen molar-refractivity contribution in [3.8, 4) is 0 Å². The van der Waals surface area contributed by atoms with E-state index in [0.29, 0.717) is 22.7 Å². The second kappa shape index (κ2) is 10.3. The van der Waals surface area contributed by atoms with Gasteiger partial charge in [-0.2, -0.15) is 0 Å². The van der Waals surface area contributed by atoms with Crippen molar-refractivity contribution in [1.82, 2.24) is 14.9 Å². The van der Waals surface area contributed by atoms with Crippen molar-refractivity contribution in [3.63, 3.8) is 0 Å². The minimum absolute atomic E-state index is 0.283. The molecule has 0 bridgehead atoms. The number of carboxylic acids is 1. The van der Waals surface area contributed by atoms with Crippen LogP contribution in [0.4, 0.5) is 5.69 Å². The largest absolute Gasteiger partial charge is 0.478 e. The highest BCUT2D eigenvalue weighted by Crippen LogP contribution is 2.29. The van der Waals surface area contributed by atoms with E-state index in [1.807, 2.05) is 0 Å². The number of benzene rings is 1. The number of nitrogens with one attached hydrogen (secondary N) is 1. The van der Waals surface area contributed by atoms with Gasteiger partial charge in [-0.15, -0.1) is 0 Å². The summed E-state index contributed by atoms with van der Waals surface area (Å²) in [5, 5.41) is 9.19. The fraction of sp³-hybridized carbons (Fsp3) is 0.474. The van der Waals surface area contributed by atoms with Crippen LogP contribution in [-0.2, 0) is 6.54 Å². The molecule has 0 saturated heterocycles. The van der Waals surface area contributed by atoms with Gasteiger partial charge < -0.3 is 15.8 Å². The first kappa shape index (κ1) is 20.5. The molecule has 0 spiro atoms. The number of aromatic amines is 1. The van der Waals surface area contributed by atoms with E-state index in [1.54, 1.807) is 30.9 Å². The average Bonchev–Trinajstić information content (AvgIpc) is 3.23. The number of carboxylic acid groups (broad SMARTS) is 1. The first-order valence-electron chi connectivity index (χ1n) is 9.00. The van der Waals surface area contributed by atoms with Crippen LogP contribution in [0.1, 0.15) is 54.9 Å². The molecule has 142 valence electrons. The predicted octanol–water partition coefficient (Wildman–Crippen LogP) is 4.29. The van der Waals surface area contributed by atoms with E-state index in [4.69, 9.17) is 5.73 Å². The molecule has 0 aliphatic heterocycles. The molecule has 1 aromatic heterocycles. The van der Waals surface area contributed by atoms with Crippen molar-refractivity contribution in [2.45, 2.75) is 51.6 Å². The van der Waals surface area contributed by atoms with Gasteiger partial charge in [0.25, 0.3) is 0 Å². The highest BCUT2D eigenvalue weighted by atomic mass is 79.9. The van der Waals surface area contributed by atoms with Gasteiger partial charge in [-0.1, -0.05) is 26.2 Å². The number of nitrogens with zero attached hydrogens (tertiary/aromatic N) is 2. The smallest absolute Gasteiger partial charge is 0.335 e. The molecule has 0 amide bonds. The number of H-pyrrole nitrogens is 1. The summed E-state index contributed by atoms with van der Waals surface area (Å²) in [6.07, 6.45) is 11.4. The van der Waals surface area contributed by atoms with E-state index in [1.165, 1.54) is 32.1 Å². The quantitative estimate of drug-likeness (QED) is 0.624. The Morgan fingerprint density at radius 3 is 2.62 bits per heavy atom. The second-order valence-corrected chi connectivity index (χ2v) is 7.31. The van der Waals surface area contributed by atoms with Gasteiger partial charge in [0.2, 0.25) is 0 Å². The third kappa shape index (κ3) is 5.85. The first-order valence-corrected chi connectivity index (χ1v) is 9.80. The van der Waals surface area contributed by atoms with Crippen LogP contribution >= 0.6 is 15.9 Å². The minimum atomic E-state index is -0.919. The Hall–Kier alpha value is -1.86. The van der Waals surface area contributed by atoms with Crippen LogP contribution in [-0.4, -0.2) is 38.5 Å². The SMILES string of the molecule is CCN(Cc1cc(C(=O)O)cc(Br)c1N)C1CCCCC1.c1c[nH]cn1. The Kier molecular flexibility index (Phi) is 8.12. The molecule has 0 unspecified atom stereocenters. The highest BCUT2D eigenvalue weighted by Gasteiger charge is 2.21. The van der Waals surface area contributed by atoms with Crippen molar-refractivity contribution < 1.29 is 9.90 Å². The molecular formula is C19H27BrN4O2. The third-order valence-corrected chi connectivity index (χ3v) is 5.39. The Morgan fingerprint density at radius 2 is 2.12 bits per heavy atom. The normalized spacial score (nSPS) is 14.7. The predicted molar refractivity (Wildman–Crippen MR) is 107 cm³/mol. The fourth-order valence-electron chi connectivity index (χ4n) is 3.31. The Labute approximate surface area is 162 Å². The summed E-state index contributed by atoms with van der Waals surface area (Å²) in [7, 11) is 0. The summed E-state index contributed by atoms with van der Waals surface area (Å²) in [5.74, 6) is -0.919. The number of halogens is 1. The van der Waals surface area contributed by atoms with Crippen molar-refractivity contribution in [3.05, 3.63) is 46.5 Å². The van der Waals surface area contributed by atoms with Gasteiger partial charge in [0.1, 0.15) is 0 Å². The zero-order valence-corrected chi connectivity index (χ0v) is 16.7. The third-order valence-electron chi connectivity index (χ3n) is 4.74. The topological polar surface area (TPSA) is 95.2 Å². The molecule has 1 saturated carbocycles. The summed E-state index contributed by atoms with van der Waals surface area (Å²) in [4.78, 5) is 20.0. The summed E-state index contributed by atoms with van der Waals surface area (Å²) < 4.78 is 0.664. The first-order chi connectivity index (χ1) is 12.5. The van der Waals surface area contributed by atoms with E-state index in [0.717, 1.165) is 12.1 Å². The van der Waals surface area contributed by atoms with Gasteiger partial charge in [0.15, 0.2) is 0 Å². The number of carbonyl (C=O) groups is 1. The van der Waals surface area contributed by atoms with Gasteiger partial charge in [-0.05, 0) is 53.0 Å². The molecule has 6 nitrogen and oxygen atoms in total. The standard InChI is InChI=1S/C16H23BrN2O2.C3H4N2/c1-2-19(13-6-4-3-5-7-13)10-12-8-11(16(20)21)9-14(17)15(12)18;1-2-5-3-4-1/h8-9,13H,2-7,10,18H2,1H3,(H,20,21);1-3H,(H,4,5). The molecule has 1 aliphatic carbocycles. The monoisotopic (exact) mass is 422 g/mol. The van der Waals surface area contributed by atoms with Gasteiger partial charge in [0.05, 0.1) is 17.6 Å². The molecule has 0 radical (unpaired) electrons. The number of nitrogens with two attached hydrogens (primary N) is 1. The van der Waals surface area contributed by atoms with Crippen molar-refractivity contribution in [1.29, 1.82) is 0 Å². The van der Waals surface area contributed by atoms with Crippen LogP contribution in [0.25, 0.3) is 0 Å². The minimum Gasteiger partial charge on any atom is -0.478 e. The number of hydrogen-bond acceptors (Lipinski definition) is 4. The van der Waals surface area contributed by atoms with Gasteiger partial charge in [0, 0.05) is 29.5 Å². The van der Waals surface area contributed by atoms with E-state index < -0.39 is 5.97 Å². The van der Waals surface area contributed by atoms with Crippen molar-refractivity contribution >= 4 is 27.6 Å². The Balaban J connectivity index is 0.000000417. The maximum absolute atomic E-state index is 11.2. The summed E-state index contributed by atoms with van der Waals surface area (Å²) in [6.45, 7) is 3.83. The molecule has 26 heavy (non-hydrogen) atoms. The lowest BCUT2D eigenvalue weighted by atomic mass is 9.93. The Morgan fingerprint density at radius 1 is 1.38 bits per heavy atom. The zero-order chi connectivity index (χ0) is 18.9. The molecule has 3 rings (SSSR count). The Bertz CT molecular complexity index is 668. The maximum Gasteiger partial charge on any atom is 0.335 e. The lowest BCUT2D eigenvalue weighted by Crippen LogP contribution is -2.36. The molecular weight excluding hydrogens is 396 g/mol. The van der Waals surface area contributed by atoms with Gasteiger partial charge in [-0.3, -0.25) is 4.90 Å². The van der Waals surface area contributed by atoms with Crippen LogP contribution in [0.2, 0.25) is 0 Å². The lowest BCUT2D eigenvalue weighted by Gasteiger charge is -2.34. The van der Waals surface area contributed by atoms with Crippen LogP contribution in [0.5, 0.6) is 0 Å². The van der Waals surface area contributed by atoms with Crippen molar-refractivity contribution in [2.75, 3.05) is 12.3 Å². The number of nitrogen functional groups attached to an aromatic ring is 1. The average molecular weight is 423 g/mol. The van der Waals surface area contributed by atoms with E-state index in [2.05, 4.69) is 37.7 Å². The number of aromatic carboxylic acids is 1. The van der Waals surface area contributed by atoms with Crippen LogP contribution in [0.3, 0.4) is 0 Å². The highest BCUT2D eigenvalue weighted by molar-refractivity contribution is 9.10. The van der Waals surface area contributed by atoms with Crippen LogP contribution < -0.4 is 5.73 Å². The number of aromatic nitrogens is 2. The summed E-state index contributed by atoms with van der Waals surface area (Å²) in [6, 6.07) is 3.86. The molecule has 0 atom stereocenters. The van der Waals surface area contributed by atoms with Crippen LogP contribution in [0.15, 0.2) is 35.3 Å². The lowest BCUT2D eigenvalue weighted by molar-refractivity contribution is 0.0696. The second-order valence-electron chi connectivity index (χ2n) is 6.45. The van der Waals surface area contributed by atoms with Gasteiger partial charge in [-0.25, -0.2) is 9.78 Å². The molecule has 1 heterocycles. The van der Waals surface area contributed by atoms with Crippen LogP contribution in [0, 0.1) is 0 Å². The molecule has 2 aromatic rings. The van der Waals surface area contributed by atoms with E-state index in [9.17, 15) is 9.90 Å². The number of anilines is 1. The molecule has 7 heteroatoms. The maximum atomic E-state index is 11.2. The number of rotatable bonds is 5. The summed E-state index contributed by atoms with van der Waals surface area (Å²) in [5.41, 5.74) is 7.95. The van der Waals surface area contributed by atoms with E-state index in [-0.39, 0.29) is 5.56 Å². The molecule has 4 N–H and O–H groups in total. The summed E-state index contributed by atoms with van der Waals surface area (Å²) >= 11 is 3.37. The molecule has 1 aromatic carbocycles. The van der Waals surface area contributed by atoms with E-state index >= 15 is 0 Å². The fourth-order valence-corrected chi connectivity index (χ4v) is 3.81. The van der Waals surface area contributed by atoms with Gasteiger partial charge >= 0.3 is 5.97 Å². The van der Waals surface area contributed by atoms with Crippen molar-refractivity contribution in [2.24, 2.45) is 0 Å².